The largest absolute Gasteiger partial charge is 0.353 e. The van der Waals surface area contributed by atoms with Crippen LogP contribution in [0.1, 0.15) is 20.3 Å². The Labute approximate surface area is 149 Å². The molecular formula is C18H19N3OS2. The summed E-state index contributed by atoms with van der Waals surface area (Å²) in [7, 11) is 0. The van der Waals surface area contributed by atoms with Crippen molar-refractivity contribution < 1.29 is 4.79 Å². The molecule has 6 heteroatoms. The van der Waals surface area contributed by atoms with E-state index in [4.69, 9.17) is 0 Å². The van der Waals surface area contributed by atoms with E-state index in [1.54, 1.807) is 17.7 Å². The van der Waals surface area contributed by atoms with E-state index in [-0.39, 0.29) is 11.9 Å². The van der Waals surface area contributed by atoms with Crippen molar-refractivity contribution >= 4 is 39.2 Å². The lowest BCUT2D eigenvalue weighted by atomic mass is 10.1. The quantitative estimate of drug-likeness (QED) is 0.526. The number of amides is 1. The van der Waals surface area contributed by atoms with Gasteiger partial charge < -0.3 is 5.32 Å². The van der Waals surface area contributed by atoms with E-state index in [0.29, 0.717) is 5.75 Å². The number of hydrogen-bond acceptors (Lipinski definition) is 5. The van der Waals surface area contributed by atoms with Crippen LogP contribution in [0.15, 0.2) is 47.1 Å². The zero-order valence-corrected chi connectivity index (χ0v) is 15.3. The number of carbonyl (C=O) groups is 1. The van der Waals surface area contributed by atoms with Gasteiger partial charge in [-0.25, -0.2) is 9.97 Å². The van der Waals surface area contributed by atoms with Gasteiger partial charge in [0.1, 0.15) is 16.2 Å². The van der Waals surface area contributed by atoms with Crippen molar-refractivity contribution in [1.82, 2.24) is 15.3 Å². The molecule has 0 bridgehead atoms. The minimum Gasteiger partial charge on any atom is -0.353 e. The van der Waals surface area contributed by atoms with Gasteiger partial charge in [0.05, 0.1) is 11.1 Å². The molecule has 1 unspecified atom stereocenters. The first-order valence-electron chi connectivity index (χ1n) is 7.88. The Morgan fingerprint density at radius 3 is 2.83 bits per heavy atom. The molecule has 0 aliphatic rings. The standard InChI is InChI=1S/C18H19N3OS2/c1-3-12(2)21-15(22)10-24-18-16-14(13-7-5-4-6-8-13)9-23-17(16)19-11-20-18/h4-9,11-12H,3,10H2,1-2H3,(H,21,22). The normalized spacial score (nSPS) is 12.2. The third-order valence-electron chi connectivity index (χ3n) is 3.78. The first-order chi connectivity index (χ1) is 11.7. The highest BCUT2D eigenvalue weighted by molar-refractivity contribution is 8.00. The smallest absolute Gasteiger partial charge is 0.230 e. The molecule has 3 aromatic rings. The second kappa shape index (κ2) is 7.77. The summed E-state index contributed by atoms with van der Waals surface area (Å²) in [5, 5.41) is 6.99. The van der Waals surface area contributed by atoms with E-state index in [1.807, 2.05) is 25.1 Å². The fraction of sp³-hybridized carbons (Fsp3) is 0.278. The Morgan fingerprint density at radius 1 is 1.29 bits per heavy atom. The third-order valence-corrected chi connectivity index (χ3v) is 5.66. The molecule has 0 aliphatic carbocycles. The highest BCUT2D eigenvalue weighted by atomic mass is 32.2. The Morgan fingerprint density at radius 2 is 2.08 bits per heavy atom. The third kappa shape index (κ3) is 3.76. The molecule has 0 saturated carbocycles. The number of benzene rings is 1. The minimum absolute atomic E-state index is 0.0394. The van der Waals surface area contributed by atoms with Gasteiger partial charge in [0, 0.05) is 17.0 Å². The zero-order valence-electron chi connectivity index (χ0n) is 13.7. The lowest BCUT2D eigenvalue weighted by Crippen LogP contribution is -2.33. The Balaban J connectivity index is 1.86. The van der Waals surface area contributed by atoms with E-state index in [2.05, 4.69) is 39.7 Å². The summed E-state index contributed by atoms with van der Waals surface area (Å²) in [6, 6.07) is 10.4. The molecule has 0 aliphatic heterocycles. The first-order valence-corrected chi connectivity index (χ1v) is 9.75. The van der Waals surface area contributed by atoms with Crippen molar-refractivity contribution in [3.05, 3.63) is 42.0 Å². The minimum atomic E-state index is 0.0394. The number of hydrogen-bond donors (Lipinski definition) is 1. The van der Waals surface area contributed by atoms with Crippen LogP contribution in [0.4, 0.5) is 0 Å². The molecule has 1 amide bonds. The highest BCUT2D eigenvalue weighted by Gasteiger charge is 2.15. The van der Waals surface area contributed by atoms with Gasteiger partial charge in [-0.15, -0.1) is 11.3 Å². The molecular weight excluding hydrogens is 338 g/mol. The molecule has 2 aromatic heterocycles. The zero-order chi connectivity index (χ0) is 16.9. The highest BCUT2D eigenvalue weighted by Crippen LogP contribution is 2.37. The fourth-order valence-corrected chi connectivity index (χ4v) is 4.14. The molecule has 1 aromatic carbocycles. The summed E-state index contributed by atoms with van der Waals surface area (Å²) in [5.74, 6) is 0.401. The van der Waals surface area contributed by atoms with Gasteiger partial charge in [-0.05, 0) is 18.9 Å². The van der Waals surface area contributed by atoms with E-state index in [1.165, 1.54) is 11.8 Å². The molecule has 4 nitrogen and oxygen atoms in total. The van der Waals surface area contributed by atoms with Gasteiger partial charge in [0.25, 0.3) is 0 Å². The molecule has 3 rings (SSSR count). The SMILES string of the molecule is CCC(C)NC(=O)CSc1ncnc2scc(-c3ccccc3)c12. The summed E-state index contributed by atoms with van der Waals surface area (Å²) in [5.41, 5.74) is 2.27. The van der Waals surface area contributed by atoms with Crippen molar-refractivity contribution in [2.75, 3.05) is 5.75 Å². The second-order valence-corrected chi connectivity index (χ2v) is 7.36. The number of nitrogens with zero attached hydrogens (tertiary/aromatic N) is 2. The molecule has 1 N–H and O–H groups in total. The van der Waals surface area contributed by atoms with Gasteiger partial charge in [-0.1, -0.05) is 49.0 Å². The number of fused-ring (bicyclic) bond motifs is 1. The Kier molecular flexibility index (Phi) is 5.48. The van der Waals surface area contributed by atoms with Gasteiger partial charge in [-0.2, -0.15) is 0 Å². The number of rotatable bonds is 6. The second-order valence-electron chi connectivity index (χ2n) is 5.54. The van der Waals surface area contributed by atoms with Gasteiger partial charge in [-0.3, -0.25) is 4.79 Å². The van der Waals surface area contributed by atoms with E-state index < -0.39 is 0 Å². The number of thioether (sulfide) groups is 1. The van der Waals surface area contributed by atoms with Gasteiger partial charge >= 0.3 is 0 Å². The molecule has 24 heavy (non-hydrogen) atoms. The maximum atomic E-state index is 12.0. The summed E-state index contributed by atoms with van der Waals surface area (Å²) >= 11 is 3.07. The van der Waals surface area contributed by atoms with Crippen LogP contribution < -0.4 is 5.32 Å². The number of thiophene rings is 1. The van der Waals surface area contributed by atoms with Gasteiger partial charge in [0.2, 0.25) is 5.91 Å². The molecule has 124 valence electrons. The maximum absolute atomic E-state index is 12.0. The average molecular weight is 358 g/mol. The van der Waals surface area contributed by atoms with E-state index in [0.717, 1.165) is 32.8 Å². The Bertz CT molecular complexity index is 833. The van der Waals surface area contributed by atoms with Crippen LogP contribution in [0, 0.1) is 0 Å². The number of nitrogens with one attached hydrogen (secondary N) is 1. The van der Waals surface area contributed by atoms with Crippen molar-refractivity contribution in [2.24, 2.45) is 0 Å². The van der Waals surface area contributed by atoms with Gasteiger partial charge in [0.15, 0.2) is 0 Å². The molecule has 0 saturated heterocycles. The monoisotopic (exact) mass is 357 g/mol. The Hall–Kier alpha value is -1.92. The van der Waals surface area contributed by atoms with Crippen LogP contribution in [0.2, 0.25) is 0 Å². The van der Waals surface area contributed by atoms with Crippen LogP contribution >= 0.6 is 23.1 Å². The first kappa shape index (κ1) is 16.9. The maximum Gasteiger partial charge on any atom is 0.230 e. The van der Waals surface area contributed by atoms with E-state index >= 15 is 0 Å². The molecule has 0 fully saturated rings. The predicted molar refractivity (Wildman–Crippen MR) is 101 cm³/mol. The van der Waals surface area contributed by atoms with Crippen LogP contribution in [-0.2, 0) is 4.79 Å². The lowest BCUT2D eigenvalue weighted by Gasteiger charge is -2.11. The van der Waals surface area contributed by atoms with Crippen molar-refractivity contribution in [3.63, 3.8) is 0 Å². The van der Waals surface area contributed by atoms with Crippen molar-refractivity contribution in [2.45, 2.75) is 31.3 Å². The topological polar surface area (TPSA) is 54.9 Å². The average Bonchev–Trinajstić information content (AvgIpc) is 3.05. The summed E-state index contributed by atoms with van der Waals surface area (Å²) in [6.45, 7) is 4.07. The number of aromatic nitrogens is 2. The fourth-order valence-electron chi connectivity index (χ4n) is 2.34. The van der Waals surface area contributed by atoms with Crippen LogP contribution in [0.5, 0.6) is 0 Å². The number of carbonyl (C=O) groups excluding carboxylic acids is 1. The van der Waals surface area contributed by atoms with Crippen LogP contribution in [0.25, 0.3) is 21.3 Å². The molecule has 1 atom stereocenters. The summed E-state index contributed by atoms with van der Waals surface area (Å²) in [4.78, 5) is 21.8. The van der Waals surface area contributed by atoms with Crippen LogP contribution in [-0.4, -0.2) is 27.7 Å². The van der Waals surface area contributed by atoms with Crippen LogP contribution in [0.3, 0.4) is 0 Å². The molecule has 2 heterocycles. The van der Waals surface area contributed by atoms with Crippen molar-refractivity contribution in [1.29, 1.82) is 0 Å². The summed E-state index contributed by atoms with van der Waals surface area (Å²) < 4.78 is 0. The summed E-state index contributed by atoms with van der Waals surface area (Å²) in [6.07, 6.45) is 2.50. The lowest BCUT2D eigenvalue weighted by molar-refractivity contribution is -0.119. The van der Waals surface area contributed by atoms with Crippen molar-refractivity contribution in [3.8, 4) is 11.1 Å². The van der Waals surface area contributed by atoms with E-state index in [9.17, 15) is 4.79 Å². The predicted octanol–water partition coefficient (Wildman–Crippen LogP) is 4.37. The molecule has 0 radical (unpaired) electrons. The molecule has 0 spiro atoms.